The summed E-state index contributed by atoms with van der Waals surface area (Å²) in [5.74, 6) is -2.54. The second-order valence-electron chi connectivity index (χ2n) is 5.65. The molecule has 0 saturated carbocycles. The molecule has 3 aromatic rings. The molecule has 2 heterocycles. The number of benzene rings is 2. The van der Waals surface area contributed by atoms with E-state index in [1.165, 1.54) is 12.1 Å². The fourth-order valence-corrected chi connectivity index (χ4v) is 2.79. The number of rotatable bonds is 3. The monoisotopic (exact) mass is 383 g/mol. The van der Waals surface area contributed by atoms with Crippen molar-refractivity contribution in [2.24, 2.45) is 0 Å². The van der Waals surface area contributed by atoms with Crippen molar-refractivity contribution in [3.8, 4) is 5.69 Å². The molecule has 1 aromatic heterocycles. The van der Waals surface area contributed by atoms with Gasteiger partial charge in [-0.3, -0.25) is 19.5 Å². The van der Waals surface area contributed by atoms with E-state index >= 15 is 0 Å². The molecule has 0 radical (unpaired) electrons. The van der Waals surface area contributed by atoms with Crippen LogP contribution >= 0.6 is 11.6 Å². The zero-order chi connectivity index (χ0) is 19.1. The lowest BCUT2D eigenvalue weighted by atomic mass is 10.1. The van der Waals surface area contributed by atoms with Crippen LogP contribution in [0.25, 0.3) is 5.69 Å². The largest absolute Gasteiger partial charge is 0.381 e. The van der Waals surface area contributed by atoms with Crippen molar-refractivity contribution in [3.05, 3.63) is 86.8 Å². The van der Waals surface area contributed by atoms with Crippen molar-refractivity contribution >= 4 is 29.4 Å². The van der Waals surface area contributed by atoms with E-state index in [9.17, 15) is 19.2 Å². The molecule has 0 spiro atoms. The van der Waals surface area contributed by atoms with Gasteiger partial charge in [0.1, 0.15) is 5.69 Å². The third kappa shape index (κ3) is 2.81. The number of imide groups is 1. The first-order chi connectivity index (χ1) is 13.0. The topological polar surface area (TPSA) is 101 Å². The molecule has 0 fully saturated rings. The van der Waals surface area contributed by atoms with Gasteiger partial charge in [-0.1, -0.05) is 28.8 Å². The number of aromatic nitrogens is 2. The highest BCUT2D eigenvalue weighted by Gasteiger charge is 2.39. The van der Waals surface area contributed by atoms with E-state index in [0.717, 1.165) is 10.7 Å². The van der Waals surface area contributed by atoms with E-state index in [4.69, 9.17) is 16.4 Å². The Morgan fingerprint density at radius 2 is 1.52 bits per heavy atom. The highest BCUT2D eigenvalue weighted by Crippen LogP contribution is 2.23. The minimum absolute atomic E-state index is 0.141. The van der Waals surface area contributed by atoms with Gasteiger partial charge in [0.05, 0.1) is 16.8 Å². The average molecular weight is 384 g/mol. The van der Waals surface area contributed by atoms with Gasteiger partial charge in [-0.25, -0.2) is 9.48 Å². The van der Waals surface area contributed by atoms with Crippen LogP contribution in [0.1, 0.15) is 31.2 Å². The van der Waals surface area contributed by atoms with Crippen LogP contribution in [0.15, 0.2) is 59.4 Å². The first-order valence-electron chi connectivity index (χ1n) is 7.74. The summed E-state index contributed by atoms with van der Waals surface area (Å²) in [5.41, 5.74) is -0.00706. The van der Waals surface area contributed by atoms with Crippen LogP contribution in [-0.2, 0) is 4.84 Å². The lowest BCUT2D eigenvalue weighted by Gasteiger charge is -2.11. The Bertz CT molecular complexity index is 1110. The Kier molecular flexibility index (Phi) is 3.89. The van der Waals surface area contributed by atoms with Crippen LogP contribution in [0.3, 0.4) is 0 Å². The van der Waals surface area contributed by atoms with Crippen molar-refractivity contribution in [2.45, 2.75) is 0 Å². The summed E-state index contributed by atoms with van der Waals surface area (Å²) in [4.78, 5) is 53.8. The smallest absolute Gasteiger partial charge is 0.323 e. The molecule has 9 heteroatoms. The maximum absolute atomic E-state index is 12.3. The number of carbonyl (C=O) groups is 3. The minimum atomic E-state index is -1.05. The highest BCUT2D eigenvalue weighted by atomic mass is 35.5. The molecular weight excluding hydrogens is 374 g/mol. The Morgan fingerprint density at radius 3 is 2.11 bits per heavy atom. The van der Waals surface area contributed by atoms with Crippen molar-refractivity contribution in [1.29, 1.82) is 0 Å². The third-order valence-electron chi connectivity index (χ3n) is 3.96. The molecular formula is C18H10ClN3O5. The van der Waals surface area contributed by atoms with Crippen LogP contribution in [0.5, 0.6) is 0 Å². The van der Waals surface area contributed by atoms with Crippen LogP contribution in [0.4, 0.5) is 0 Å². The predicted octanol–water partition coefficient (Wildman–Crippen LogP) is 2.19. The summed E-state index contributed by atoms with van der Waals surface area (Å²) in [6.07, 6.45) is 0. The van der Waals surface area contributed by atoms with E-state index < -0.39 is 23.3 Å². The Morgan fingerprint density at radius 1 is 0.926 bits per heavy atom. The standard InChI is InChI=1S/C18H10ClN3O5/c19-10-5-7-11(8-6-10)21-15(23)9-14(20-21)18(26)27-22-16(24)12-3-1-2-4-13(12)17(22)25/h1-9,20H. The second-order valence-corrected chi connectivity index (χ2v) is 6.09. The van der Waals surface area contributed by atoms with Gasteiger partial charge in [0, 0.05) is 11.1 Å². The zero-order valence-electron chi connectivity index (χ0n) is 13.5. The third-order valence-corrected chi connectivity index (χ3v) is 4.21. The molecule has 2 aromatic carbocycles. The molecule has 0 saturated heterocycles. The van der Waals surface area contributed by atoms with E-state index in [2.05, 4.69) is 5.10 Å². The van der Waals surface area contributed by atoms with Crippen LogP contribution < -0.4 is 5.56 Å². The van der Waals surface area contributed by atoms with E-state index in [-0.39, 0.29) is 16.8 Å². The minimum Gasteiger partial charge on any atom is -0.323 e. The molecule has 0 bridgehead atoms. The van der Waals surface area contributed by atoms with Crippen molar-refractivity contribution in [1.82, 2.24) is 14.8 Å². The Labute approximate surface area is 156 Å². The highest BCUT2D eigenvalue weighted by molar-refractivity contribution is 6.30. The lowest BCUT2D eigenvalue weighted by molar-refractivity contribution is -0.0588. The maximum Gasteiger partial charge on any atom is 0.381 e. The zero-order valence-corrected chi connectivity index (χ0v) is 14.3. The summed E-state index contributed by atoms with van der Waals surface area (Å²) < 4.78 is 1.11. The summed E-state index contributed by atoms with van der Waals surface area (Å²) in [6, 6.07) is 13.5. The molecule has 1 aliphatic heterocycles. The van der Waals surface area contributed by atoms with Crippen molar-refractivity contribution in [3.63, 3.8) is 0 Å². The van der Waals surface area contributed by atoms with Crippen LogP contribution in [0.2, 0.25) is 5.02 Å². The number of H-pyrrole nitrogens is 1. The van der Waals surface area contributed by atoms with Gasteiger partial charge in [-0.15, -0.1) is 0 Å². The van der Waals surface area contributed by atoms with E-state index in [1.54, 1.807) is 36.4 Å². The molecule has 1 aliphatic rings. The lowest BCUT2D eigenvalue weighted by Crippen LogP contribution is -2.32. The molecule has 2 amide bonds. The Balaban J connectivity index is 1.59. The van der Waals surface area contributed by atoms with Gasteiger partial charge in [-0.2, -0.15) is 0 Å². The van der Waals surface area contributed by atoms with Gasteiger partial charge >= 0.3 is 5.97 Å². The quantitative estimate of drug-likeness (QED) is 0.698. The molecule has 0 aliphatic carbocycles. The van der Waals surface area contributed by atoms with E-state index in [1.807, 2.05) is 0 Å². The first-order valence-corrected chi connectivity index (χ1v) is 8.11. The molecule has 134 valence electrons. The fraction of sp³-hybridized carbons (Fsp3) is 0. The number of nitrogens with one attached hydrogen (secondary N) is 1. The van der Waals surface area contributed by atoms with Gasteiger partial charge in [0.25, 0.3) is 17.4 Å². The molecule has 0 atom stereocenters. The van der Waals surface area contributed by atoms with Crippen LogP contribution in [0, 0.1) is 0 Å². The van der Waals surface area contributed by atoms with Crippen molar-refractivity contribution < 1.29 is 19.2 Å². The molecule has 8 nitrogen and oxygen atoms in total. The van der Waals surface area contributed by atoms with Gasteiger partial charge < -0.3 is 4.84 Å². The summed E-state index contributed by atoms with van der Waals surface area (Å²) in [6.45, 7) is 0. The van der Waals surface area contributed by atoms with Gasteiger partial charge in [-0.05, 0) is 36.4 Å². The number of hydrogen-bond donors (Lipinski definition) is 1. The number of carbonyl (C=O) groups excluding carboxylic acids is 3. The van der Waals surface area contributed by atoms with Gasteiger partial charge in [0.15, 0.2) is 0 Å². The molecule has 27 heavy (non-hydrogen) atoms. The number of halogens is 1. The number of fused-ring (bicyclic) bond motifs is 1. The Hall–Kier alpha value is -3.65. The summed E-state index contributed by atoms with van der Waals surface area (Å²) in [7, 11) is 0. The normalized spacial score (nSPS) is 13.0. The second kappa shape index (κ2) is 6.26. The first kappa shape index (κ1) is 16.8. The number of aromatic amines is 1. The molecule has 1 N–H and O–H groups in total. The van der Waals surface area contributed by atoms with Gasteiger partial charge in [0.2, 0.25) is 0 Å². The number of amides is 2. The molecule has 4 rings (SSSR count). The van der Waals surface area contributed by atoms with Crippen molar-refractivity contribution in [2.75, 3.05) is 0 Å². The summed E-state index contributed by atoms with van der Waals surface area (Å²) in [5, 5.41) is 3.45. The molecule has 0 unspecified atom stereocenters. The maximum atomic E-state index is 12.3. The fourth-order valence-electron chi connectivity index (χ4n) is 2.66. The number of nitrogens with zero attached hydrogens (tertiary/aromatic N) is 2. The van der Waals surface area contributed by atoms with Crippen LogP contribution in [-0.4, -0.2) is 32.6 Å². The summed E-state index contributed by atoms with van der Waals surface area (Å²) >= 11 is 5.81. The average Bonchev–Trinajstić information content (AvgIpc) is 3.17. The SMILES string of the molecule is O=C(ON1C(=O)c2ccccc2C1=O)c1cc(=O)n(-c2ccc(Cl)cc2)[nH]1. The van der Waals surface area contributed by atoms with E-state index in [0.29, 0.717) is 15.8 Å². The number of hydrogen-bond acceptors (Lipinski definition) is 5. The predicted molar refractivity (Wildman–Crippen MR) is 93.8 cm³/mol. The number of hydroxylamine groups is 2.